The van der Waals surface area contributed by atoms with E-state index in [1.165, 1.54) is 31.6 Å². The minimum Gasteiger partial charge on any atom is -0.497 e. The van der Waals surface area contributed by atoms with E-state index in [1.54, 1.807) is 7.11 Å². The fourth-order valence-corrected chi connectivity index (χ4v) is 3.98. The number of benzene rings is 2. The average Bonchev–Trinajstić information content (AvgIpc) is 2.88. The number of carbonyl (C=O) groups excluding carboxylic acids is 1. The lowest BCUT2D eigenvalue weighted by molar-refractivity contribution is -0.384. The molecule has 0 radical (unpaired) electrons. The van der Waals surface area contributed by atoms with Crippen molar-refractivity contribution in [1.29, 1.82) is 0 Å². The maximum absolute atomic E-state index is 13.0. The predicted octanol–water partition coefficient (Wildman–Crippen LogP) is 3.92. The molecule has 1 fully saturated rings. The molecule has 1 aliphatic rings. The summed E-state index contributed by atoms with van der Waals surface area (Å²) >= 11 is 0. The van der Waals surface area contributed by atoms with Crippen LogP contribution < -0.4 is 19.7 Å². The molecule has 0 aliphatic carbocycles. The summed E-state index contributed by atoms with van der Waals surface area (Å²) in [6, 6.07) is 13.7. The van der Waals surface area contributed by atoms with Gasteiger partial charge in [0.15, 0.2) is 0 Å². The molecular weight excluding hydrogens is 438 g/mol. The Morgan fingerprint density at radius 1 is 1.12 bits per heavy atom. The molecule has 1 atom stereocenters. The number of nitro benzene ring substituents is 1. The SMILES string of the molecule is COc1ccc(-c2cc(N3CCCC(C(=O)Nc4cc([N+](=O)[O-])ccc4OC)C3)ncn2)cc1. The van der Waals surface area contributed by atoms with Crippen LogP contribution in [0.15, 0.2) is 54.9 Å². The van der Waals surface area contributed by atoms with Gasteiger partial charge in [0, 0.05) is 36.9 Å². The predicted molar refractivity (Wildman–Crippen MR) is 127 cm³/mol. The van der Waals surface area contributed by atoms with Gasteiger partial charge >= 0.3 is 0 Å². The number of piperidine rings is 1. The number of non-ortho nitro benzene ring substituents is 1. The second-order valence-electron chi connectivity index (χ2n) is 7.91. The molecule has 176 valence electrons. The van der Waals surface area contributed by atoms with E-state index in [1.807, 2.05) is 30.3 Å². The quantitative estimate of drug-likeness (QED) is 0.413. The molecule has 10 nitrogen and oxygen atoms in total. The second kappa shape index (κ2) is 10.2. The second-order valence-corrected chi connectivity index (χ2v) is 7.91. The Morgan fingerprint density at radius 2 is 1.91 bits per heavy atom. The van der Waals surface area contributed by atoms with E-state index in [4.69, 9.17) is 9.47 Å². The van der Waals surface area contributed by atoms with Gasteiger partial charge in [-0.1, -0.05) is 0 Å². The largest absolute Gasteiger partial charge is 0.497 e. The van der Waals surface area contributed by atoms with Crippen LogP contribution in [0.25, 0.3) is 11.3 Å². The fourth-order valence-electron chi connectivity index (χ4n) is 3.98. The standard InChI is InChI=1S/C24H25N5O5/c1-33-19-8-5-16(6-9-19)20-13-23(26-15-25-20)28-11-3-4-17(14-28)24(30)27-21-12-18(29(31)32)7-10-22(21)34-2/h5-10,12-13,15,17H,3-4,11,14H2,1-2H3,(H,27,30). The van der Waals surface area contributed by atoms with Crippen LogP contribution in [0, 0.1) is 16.0 Å². The third kappa shape index (κ3) is 5.06. The van der Waals surface area contributed by atoms with E-state index in [-0.39, 0.29) is 23.2 Å². The molecule has 1 N–H and O–H groups in total. The smallest absolute Gasteiger partial charge is 0.271 e. The average molecular weight is 463 g/mol. The van der Waals surface area contributed by atoms with Crippen LogP contribution in [0.5, 0.6) is 11.5 Å². The minimum absolute atomic E-state index is 0.117. The van der Waals surface area contributed by atoms with Crippen LogP contribution in [-0.4, -0.2) is 48.1 Å². The zero-order valence-electron chi connectivity index (χ0n) is 18.9. The highest BCUT2D eigenvalue weighted by Crippen LogP contribution is 2.31. The van der Waals surface area contributed by atoms with E-state index in [0.717, 1.165) is 35.8 Å². The number of nitro groups is 1. The van der Waals surface area contributed by atoms with Crippen molar-refractivity contribution in [2.75, 3.05) is 37.5 Å². The van der Waals surface area contributed by atoms with E-state index < -0.39 is 4.92 Å². The first-order chi connectivity index (χ1) is 16.5. The first-order valence-corrected chi connectivity index (χ1v) is 10.8. The number of carbonyl (C=O) groups is 1. The van der Waals surface area contributed by atoms with Gasteiger partial charge in [-0.2, -0.15) is 0 Å². The Bertz CT molecular complexity index is 1180. The number of aromatic nitrogens is 2. The highest BCUT2D eigenvalue weighted by molar-refractivity contribution is 5.94. The summed E-state index contributed by atoms with van der Waals surface area (Å²) in [5.41, 5.74) is 1.88. The van der Waals surface area contributed by atoms with Gasteiger partial charge in [-0.3, -0.25) is 14.9 Å². The lowest BCUT2D eigenvalue weighted by atomic mass is 9.97. The monoisotopic (exact) mass is 463 g/mol. The van der Waals surface area contributed by atoms with Crippen LogP contribution >= 0.6 is 0 Å². The number of nitrogens with zero attached hydrogens (tertiary/aromatic N) is 4. The molecule has 4 rings (SSSR count). The van der Waals surface area contributed by atoms with E-state index in [2.05, 4.69) is 20.2 Å². The van der Waals surface area contributed by atoms with Gasteiger partial charge in [0.05, 0.1) is 36.4 Å². The molecule has 3 aromatic rings. The summed E-state index contributed by atoms with van der Waals surface area (Å²) < 4.78 is 10.5. The maximum atomic E-state index is 13.0. The van der Waals surface area contributed by atoms with Crippen molar-refractivity contribution < 1.29 is 19.2 Å². The summed E-state index contributed by atoms with van der Waals surface area (Å²) in [4.78, 5) is 34.5. The minimum atomic E-state index is -0.507. The van der Waals surface area contributed by atoms with Gasteiger partial charge in [0.1, 0.15) is 23.6 Å². The highest BCUT2D eigenvalue weighted by atomic mass is 16.6. The van der Waals surface area contributed by atoms with Crippen LogP contribution in [0.3, 0.4) is 0 Å². The topological polar surface area (TPSA) is 120 Å². The molecule has 0 spiro atoms. The number of amides is 1. The van der Waals surface area contributed by atoms with Crippen LogP contribution in [-0.2, 0) is 4.79 Å². The normalized spacial score (nSPS) is 15.5. The van der Waals surface area contributed by atoms with Crippen molar-refractivity contribution in [2.24, 2.45) is 5.92 Å². The number of hydrogen-bond acceptors (Lipinski definition) is 8. The number of nitrogens with one attached hydrogen (secondary N) is 1. The van der Waals surface area contributed by atoms with E-state index in [9.17, 15) is 14.9 Å². The van der Waals surface area contributed by atoms with E-state index in [0.29, 0.717) is 18.7 Å². The Hall–Kier alpha value is -4.21. The molecule has 1 unspecified atom stereocenters. The molecule has 1 amide bonds. The van der Waals surface area contributed by atoms with E-state index >= 15 is 0 Å². The first-order valence-electron chi connectivity index (χ1n) is 10.8. The molecule has 0 bridgehead atoms. The summed E-state index contributed by atoms with van der Waals surface area (Å²) in [5.74, 6) is 1.35. The molecule has 10 heteroatoms. The van der Waals surface area contributed by atoms with Crippen LogP contribution in [0.2, 0.25) is 0 Å². The zero-order chi connectivity index (χ0) is 24.1. The van der Waals surface area contributed by atoms with Gasteiger partial charge in [-0.15, -0.1) is 0 Å². The maximum Gasteiger partial charge on any atom is 0.271 e. The van der Waals surface area contributed by atoms with Gasteiger partial charge in [-0.05, 0) is 43.2 Å². The summed E-state index contributed by atoms with van der Waals surface area (Å²) in [6.45, 7) is 1.24. The zero-order valence-corrected chi connectivity index (χ0v) is 18.9. The van der Waals surface area contributed by atoms with Crippen molar-refractivity contribution >= 4 is 23.1 Å². The highest BCUT2D eigenvalue weighted by Gasteiger charge is 2.28. The Kier molecular flexibility index (Phi) is 6.86. The van der Waals surface area contributed by atoms with Crippen molar-refractivity contribution in [1.82, 2.24) is 9.97 Å². The molecule has 34 heavy (non-hydrogen) atoms. The van der Waals surface area contributed by atoms with Gasteiger partial charge in [0.25, 0.3) is 5.69 Å². The first kappa shape index (κ1) is 23.0. The van der Waals surface area contributed by atoms with Crippen LogP contribution in [0.4, 0.5) is 17.2 Å². The summed E-state index contributed by atoms with van der Waals surface area (Å²) in [5, 5.41) is 13.9. The van der Waals surface area contributed by atoms with Crippen molar-refractivity contribution in [3.05, 3.63) is 65.0 Å². The fraction of sp³-hybridized carbons (Fsp3) is 0.292. The molecule has 1 saturated heterocycles. The lowest BCUT2D eigenvalue weighted by Crippen LogP contribution is -2.41. The molecule has 0 saturated carbocycles. The van der Waals surface area contributed by atoms with Gasteiger partial charge < -0.3 is 19.7 Å². The number of ether oxygens (including phenoxy) is 2. The van der Waals surface area contributed by atoms with Crippen molar-refractivity contribution in [3.63, 3.8) is 0 Å². The van der Waals surface area contributed by atoms with Crippen LogP contribution in [0.1, 0.15) is 12.8 Å². The summed E-state index contributed by atoms with van der Waals surface area (Å²) in [7, 11) is 3.07. The van der Waals surface area contributed by atoms with Gasteiger partial charge in [-0.25, -0.2) is 9.97 Å². The molecule has 2 aromatic carbocycles. The Labute approximate surface area is 196 Å². The Morgan fingerprint density at radius 3 is 2.62 bits per heavy atom. The number of methoxy groups -OCH3 is 2. The molecular formula is C24H25N5O5. The summed E-state index contributed by atoms with van der Waals surface area (Å²) in [6.07, 6.45) is 3.04. The third-order valence-electron chi connectivity index (χ3n) is 5.81. The molecule has 2 heterocycles. The lowest BCUT2D eigenvalue weighted by Gasteiger charge is -2.33. The van der Waals surface area contributed by atoms with Crippen molar-refractivity contribution in [2.45, 2.75) is 12.8 Å². The molecule has 1 aliphatic heterocycles. The number of rotatable bonds is 7. The van der Waals surface area contributed by atoms with Crippen molar-refractivity contribution in [3.8, 4) is 22.8 Å². The molecule has 1 aromatic heterocycles. The third-order valence-corrected chi connectivity index (χ3v) is 5.81. The van der Waals surface area contributed by atoms with Gasteiger partial charge in [0.2, 0.25) is 5.91 Å². The number of hydrogen-bond donors (Lipinski definition) is 1. The number of anilines is 2. The Balaban J connectivity index is 1.49.